The molecule has 0 saturated heterocycles. The van der Waals surface area contributed by atoms with Crippen LogP contribution < -0.4 is 0 Å². The van der Waals surface area contributed by atoms with Crippen molar-refractivity contribution in [2.45, 2.75) is 33.8 Å². The normalized spacial score (nSPS) is 12.2. The Kier molecular flexibility index (Phi) is 5.68. The molecule has 0 aliphatic rings. The van der Waals surface area contributed by atoms with Crippen LogP contribution in [-0.4, -0.2) is 12.1 Å². The van der Waals surface area contributed by atoms with Crippen LogP contribution in [0.3, 0.4) is 0 Å². The smallest absolute Gasteiger partial charge is 0.307 e. The lowest BCUT2D eigenvalue weighted by Gasteiger charge is -2.02. The predicted molar refractivity (Wildman–Crippen MR) is 50.9 cm³/mol. The summed E-state index contributed by atoms with van der Waals surface area (Å²) in [6, 6.07) is 0. The zero-order chi connectivity index (χ0) is 10.3. The van der Waals surface area contributed by atoms with Crippen molar-refractivity contribution in [3.8, 4) is 0 Å². The van der Waals surface area contributed by atoms with Gasteiger partial charge in [-0.2, -0.15) is 0 Å². The first-order valence-electron chi connectivity index (χ1n) is 4.18. The third kappa shape index (κ3) is 8.66. The van der Waals surface area contributed by atoms with Crippen LogP contribution in [0.5, 0.6) is 0 Å². The van der Waals surface area contributed by atoms with E-state index in [1.54, 1.807) is 12.3 Å². The molecule has 0 aromatic carbocycles. The van der Waals surface area contributed by atoms with E-state index in [1.807, 2.05) is 20.8 Å². The summed E-state index contributed by atoms with van der Waals surface area (Å²) in [7, 11) is 0. The van der Waals surface area contributed by atoms with Gasteiger partial charge in [-0.3, -0.25) is 4.79 Å². The fourth-order valence-electron chi connectivity index (χ4n) is 0.519. The first-order chi connectivity index (χ1) is 6.02. The molecule has 0 aliphatic heterocycles. The molecule has 0 aromatic heterocycles. The maximum Gasteiger partial charge on any atom is 0.307 e. The molecule has 13 heavy (non-hydrogen) atoms. The van der Waals surface area contributed by atoms with Gasteiger partial charge >= 0.3 is 5.97 Å². The average Bonchev–Trinajstić information content (AvgIpc) is 2.00. The number of hydrogen-bond acceptors (Lipinski definition) is 3. The molecule has 0 atom stereocenters. The highest BCUT2D eigenvalue weighted by atomic mass is 16.5. The quantitative estimate of drug-likeness (QED) is 0.382. The van der Waals surface area contributed by atoms with Crippen LogP contribution in [0.1, 0.15) is 27.7 Å². The molecule has 0 bridgehead atoms. The zero-order valence-electron chi connectivity index (χ0n) is 8.53. The summed E-state index contributed by atoms with van der Waals surface area (Å²) in [5.41, 5.74) is 0.829. The van der Waals surface area contributed by atoms with E-state index in [0.717, 1.165) is 5.57 Å². The molecule has 3 heteroatoms. The predicted octanol–water partition coefficient (Wildman–Crippen LogP) is 2.39. The highest BCUT2D eigenvalue weighted by Crippen LogP contribution is 1.97. The van der Waals surface area contributed by atoms with Crippen molar-refractivity contribution in [2.24, 2.45) is 0 Å². The summed E-state index contributed by atoms with van der Waals surface area (Å²) in [5, 5.41) is 0. The molecule has 74 valence electrons. The molecule has 0 N–H and O–H groups in total. The summed E-state index contributed by atoms with van der Waals surface area (Å²) in [4.78, 5) is 10.4. The lowest BCUT2D eigenvalue weighted by Crippen LogP contribution is -1.95. The zero-order valence-corrected chi connectivity index (χ0v) is 8.53. The molecule has 0 aromatic rings. The largest absolute Gasteiger partial charge is 0.499 e. The number of carbonyl (C=O) groups excluding carboxylic acids is 1. The number of allylic oxidation sites excluding steroid dienone is 2. The summed E-state index contributed by atoms with van der Waals surface area (Å²) in [6.45, 7) is 7.06. The van der Waals surface area contributed by atoms with E-state index in [2.05, 4.69) is 4.74 Å². The van der Waals surface area contributed by atoms with Crippen molar-refractivity contribution in [3.63, 3.8) is 0 Å². The molecule has 3 nitrogen and oxygen atoms in total. The van der Waals surface area contributed by atoms with Crippen molar-refractivity contribution >= 4 is 5.97 Å². The number of hydrogen-bond donors (Lipinski definition) is 0. The van der Waals surface area contributed by atoms with Gasteiger partial charge in [-0.15, -0.1) is 0 Å². The number of rotatable bonds is 4. The van der Waals surface area contributed by atoms with Gasteiger partial charge in [0.05, 0.1) is 18.6 Å². The lowest BCUT2D eigenvalue weighted by atomic mass is 10.3. The molecule has 0 heterocycles. The monoisotopic (exact) mass is 184 g/mol. The van der Waals surface area contributed by atoms with Crippen molar-refractivity contribution in [1.29, 1.82) is 0 Å². The minimum absolute atomic E-state index is 0.165. The topological polar surface area (TPSA) is 35.5 Å². The van der Waals surface area contributed by atoms with Gasteiger partial charge in [0.25, 0.3) is 0 Å². The van der Waals surface area contributed by atoms with Crippen LogP contribution in [-0.2, 0) is 14.3 Å². The molecular formula is C10H16O3. The molecule has 0 unspecified atom stereocenters. The van der Waals surface area contributed by atoms with E-state index in [4.69, 9.17) is 4.74 Å². The molecule has 0 fully saturated rings. The Morgan fingerprint density at radius 1 is 1.31 bits per heavy atom. The Bertz CT molecular complexity index is 214. The molecule has 0 saturated carbocycles. The summed E-state index contributed by atoms with van der Waals surface area (Å²) >= 11 is 0. The molecule has 0 radical (unpaired) electrons. The third-order valence-corrected chi connectivity index (χ3v) is 1.09. The highest BCUT2D eigenvalue weighted by Gasteiger charge is 1.89. The van der Waals surface area contributed by atoms with Gasteiger partial charge < -0.3 is 9.47 Å². The maximum absolute atomic E-state index is 10.4. The fraction of sp³-hybridized carbons (Fsp3) is 0.500. The van der Waals surface area contributed by atoms with E-state index >= 15 is 0 Å². The Morgan fingerprint density at radius 2 is 1.92 bits per heavy atom. The molecule has 0 rings (SSSR count). The van der Waals surface area contributed by atoms with Crippen LogP contribution in [0.4, 0.5) is 0 Å². The Morgan fingerprint density at radius 3 is 2.38 bits per heavy atom. The van der Waals surface area contributed by atoms with Gasteiger partial charge in [-0.1, -0.05) is 0 Å². The Hall–Kier alpha value is -1.25. The van der Waals surface area contributed by atoms with E-state index in [1.165, 1.54) is 13.2 Å². The SMILES string of the molecule is CC(=O)OC=C(C)C=COC(C)C. The van der Waals surface area contributed by atoms with Crippen LogP contribution in [0.15, 0.2) is 24.2 Å². The average molecular weight is 184 g/mol. The fourth-order valence-corrected chi connectivity index (χ4v) is 0.519. The summed E-state index contributed by atoms with van der Waals surface area (Å²) in [5.74, 6) is -0.322. The first kappa shape index (κ1) is 11.8. The third-order valence-electron chi connectivity index (χ3n) is 1.09. The first-order valence-corrected chi connectivity index (χ1v) is 4.18. The number of ether oxygens (including phenoxy) is 2. The summed E-state index contributed by atoms with van der Waals surface area (Å²) in [6.07, 6.45) is 4.88. The van der Waals surface area contributed by atoms with Gasteiger partial charge in [0.15, 0.2) is 0 Å². The molecule has 0 spiro atoms. The summed E-state index contributed by atoms with van der Waals surface area (Å²) < 4.78 is 9.81. The lowest BCUT2D eigenvalue weighted by molar-refractivity contribution is -0.135. The second kappa shape index (κ2) is 6.29. The van der Waals surface area contributed by atoms with Crippen molar-refractivity contribution in [3.05, 3.63) is 24.2 Å². The van der Waals surface area contributed by atoms with Crippen molar-refractivity contribution in [2.75, 3.05) is 0 Å². The molecule has 0 amide bonds. The van der Waals surface area contributed by atoms with Crippen LogP contribution >= 0.6 is 0 Å². The number of esters is 1. The number of carbonyl (C=O) groups is 1. The molecular weight excluding hydrogens is 168 g/mol. The van der Waals surface area contributed by atoms with Crippen molar-refractivity contribution < 1.29 is 14.3 Å². The van der Waals surface area contributed by atoms with Gasteiger partial charge in [0, 0.05) is 6.92 Å². The van der Waals surface area contributed by atoms with Crippen molar-refractivity contribution in [1.82, 2.24) is 0 Å². The van der Waals surface area contributed by atoms with E-state index in [0.29, 0.717) is 0 Å². The minimum atomic E-state index is -0.322. The Labute approximate surface area is 79.0 Å². The Balaban J connectivity index is 3.84. The van der Waals surface area contributed by atoms with Crippen LogP contribution in [0, 0.1) is 0 Å². The minimum Gasteiger partial charge on any atom is -0.499 e. The van der Waals surface area contributed by atoms with Gasteiger partial charge in [0.2, 0.25) is 0 Å². The highest BCUT2D eigenvalue weighted by molar-refractivity contribution is 5.66. The van der Waals surface area contributed by atoms with E-state index in [-0.39, 0.29) is 12.1 Å². The van der Waals surface area contributed by atoms with Crippen LogP contribution in [0.2, 0.25) is 0 Å². The van der Waals surface area contributed by atoms with Gasteiger partial charge in [-0.05, 0) is 32.4 Å². The van der Waals surface area contributed by atoms with Gasteiger partial charge in [0.1, 0.15) is 0 Å². The second-order valence-corrected chi connectivity index (χ2v) is 2.96. The standard InChI is InChI=1S/C10H16O3/c1-8(2)12-6-5-9(3)7-13-10(4)11/h5-8H,1-4H3. The van der Waals surface area contributed by atoms with Gasteiger partial charge in [-0.25, -0.2) is 0 Å². The van der Waals surface area contributed by atoms with Crippen LogP contribution in [0.25, 0.3) is 0 Å². The maximum atomic E-state index is 10.4. The van der Waals surface area contributed by atoms with E-state index < -0.39 is 0 Å². The second-order valence-electron chi connectivity index (χ2n) is 2.96. The molecule has 0 aliphatic carbocycles. The van der Waals surface area contributed by atoms with E-state index in [9.17, 15) is 4.79 Å².